The van der Waals surface area contributed by atoms with Gasteiger partial charge in [-0.2, -0.15) is 5.10 Å². The first-order valence-electron chi connectivity index (χ1n) is 5.19. The van der Waals surface area contributed by atoms with E-state index in [0.29, 0.717) is 5.82 Å². The van der Waals surface area contributed by atoms with Crippen LogP contribution in [0.1, 0.15) is 32.9 Å². The van der Waals surface area contributed by atoms with E-state index in [9.17, 15) is 4.79 Å². The van der Waals surface area contributed by atoms with Crippen LogP contribution in [-0.4, -0.2) is 16.1 Å². The number of nitrogens with zero attached hydrogens (tertiary/aromatic N) is 1. The summed E-state index contributed by atoms with van der Waals surface area (Å²) in [6.45, 7) is 5.83. The minimum absolute atomic E-state index is 0.0917. The topological polar surface area (TPSA) is 57.8 Å². The second kappa shape index (κ2) is 5.34. The Morgan fingerprint density at radius 3 is 2.87 bits per heavy atom. The Bertz CT molecular complexity index is 366. The van der Waals surface area contributed by atoms with Gasteiger partial charge in [0.2, 0.25) is 0 Å². The number of amides is 1. The highest BCUT2D eigenvalue weighted by Gasteiger charge is 2.06. The lowest BCUT2D eigenvalue weighted by atomic mass is 10.2. The first-order valence-corrected chi connectivity index (χ1v) is 5.19. The van der Waals surface area contributed by atoms with Crippen molar-refractivity contribution in [1.29, 1.82) is 0 Å². The summed E-state index contributed by atoms with van der Waals surface area (Å²) in [4.78, 5) is 11.6. The molecule has 0 unspecified atom stereocenters. The molecule has 0 spiro atoms. The van der Waals surface area contributed by atoms with Gasteiger partial charge in [0.1, 0.15) is 0 Å². The number of aryl methyl sites for hydroxylation is 1. The van der Waals surface area contributed by atoms with Crippen molar-refractivity contribution in [3.63, 3.8) is 0 Å². The van der Waals surface area contributed by atoms with Crippen molar-refractivity contribution in [2.45, 2.75) is 33.6 Å². The second-order valence-corrected chi connectivity index (χ2v) is 3.38. The number of hydrogen-bond donors (Lipinski definition) is 2. The van der Waals surface area contributed by atoms with Crippen molar-refractivity contribution in [1.82, 2.24) is 10.2 Å². The van der Waals surface area contributed by atoms with Crippen LogP contribution in [0.2, 0.25) is 0 Å². The molecule has 0 aliphatic carbocycles. The first-order chi connectivity index (χ1) is 7.17. The monoisotopic (exact) mass is 207 g/mol. The van der Waals surface area contributed by atoms with E-state index in [1.165, 1.54) is 0 Å². The number of nitrogens with one attached hydrogen (secondary N) is 2. The standard InChI is InChI=1S/C11H17N3O/c1-4-6-8(3)11(15)12-10-7-9(5-2)13-14-10/h6-7H,4-5H2,1-3H3,(H2,12,13,14,15)/b8-6-. The summed E-state index contributed by atoms with van der Waals surface area (Å²) in [5, 5.41) is 9.56. The summed E-state index contributed by atoms with van der Waals surface area (Å²) in [7, 11) is 0. The molecule has 1 amide bonds. The van der Waals surface area contributed by atoms with E-state index in [0.717, 1.165) is 24.1 Å². The van der Waals surface area contributed by atoms with Gasteiger partial charge in [0.15, 0.2) is 5.82 Å². The lowest BCUT2D eigenvalue weighted by Crippen LogP contribution is -2.12. The highest BCUT2D eigenvalue weighted by atomic mass is 16.1. The Balaban J connectivity index is 2.62. The fourth-order valence-electron chi connectivity index (χ4n) is 1.22. The highest BCUT2D eigenvalue weighted by molar-refractivity contribution is 6.02. The molecule has 0 bridgehead atoms. The number of H-pyrrole nitrogens is 1. The molecule has 15 heavy (non-hydrogen) atoms. The van der Waals surface area contributed by atoms with Crippen LogP contribution in [0.4, 0.5) is 5.82 Å². The molecular formula is C11H17N3O. The number of hydrogen-bond acceptors (Lipinski definition) is 2. The number of carbonyl (C=O) groups excluding carboxylic acids is 1. The number of anilines is 1. The van der Waals surface area contributed by atoms with Gasteiger partial charge in [-0.25, -0.2) is 0 Å². The Kier molecular flexibility index (Phi) is 4.09. The fourth-order valence-corrected chi connectivity index (χ4v) is 1.22. The maximum Gasteiger partial charge on any atom is 0.252 e. The Labute approximate surface area is 89.8 Å². The van der Waals surface area contributed by atoms with Gasteiger partial charge in [0, 0.05) is 17.3 Å². The van der Waals surface area contributed by atoms with Crippen LogP contribution in [0, 0.1) is 0 Å². The van der Waals surface area contributed by atoms with Crippen molar-refractivity contribution in [2.75, 3.05) is 5.32 Å². The maximum absolute atomic E-state index is 11.6. The average molecular weight is 207 g/mol. The molecule has 0 fully saturated rings. The van der Waals surface area contributed by atoms with Crippen LogP contribution in [0.25, 0.3) is 0 Å². The zero-order valence-corrected chi connectivity index (χ0v) is 9.42. The predicted octanol–water partition coefficient (Wildman–Crippen LogP) is 2.27. The van der Waals surface area contributed by atoms with Gasteiger partial charge in [-0.05, 0) is 19.8 Å². The molecule has 4 nitrogen and oxygen atoms in total. The molecule has 2 N–H and O–H groups in total. The molecule has 0 aliphatic rings. The molecule has 0 radical (unpaired) electrons. The van der Waals surface area contributed by atoms with Crippen LogP contribution in [0.15, 0.2) is 17.7 Å². The number of carbonyl (C=O) groups is 1. The van der Waals surface area contributed by atoms with E-state index in [-0.39, 0.29) is 5.91 Å². The lowest BCUT2D eigenvalue weighted by Gasteiger charge is -2.00. The van der Waals surface area contributed by atoms with Crippen molar-refractivity contribution in [3.05, 3.63) is 23.4 Å². The van der Waals surface area contributed by atoms with Crippen LogP contribution in [-0.2, 0) is 11.2 Å². The molecule has 4 heteroatoms. The smallest absolute Gasteiger partial charge is 0.252 e. The van der Waals surface area contributed by atoms with E-state index >= 15 is 0 Å². The molecule has 0 saturated heterocycles. The van der Waals surface area contributed by atoms with Gasteiger partial charge >= 0.3 is 0 Å². The molecule has 1 heterocycles. The summed E-state index contributed by atoms with van der Waals surface area (Å²) in [6, 6.07) is 1.84. The number of rotatable bonds is 4. The largest absolute Gasteiger partial charge is 0.305 e. The number of allylic oxidation sites excluding steroid dienone is 1. The first kappa shape index (κ1) is 11.5. The average Bonchev–Trinajstić information content (AvgIpc) is 2.66. The van der Waals surface area contributed by atoms with Crippen LogP contribution < -0.4 is 5.32 Å². The third-order valence-corrected chi connectivity index (χ3v) is 2.12. The quantitative estimate of drug-likeness (QED) is 0.744. The van der Waals surface area contributed by atoms with E-state index < -0.39 is 0 Å². The summed E-state index contributed by atoms with van der Waals surface area (Å²) in [5.41, 5.74) is 1.74. The Morgan fingerprint density at radius 2 is 2.33 bits per heavy atom. The van der Waals surface area contributed by atoms with Gasteiger partial charge in [0.05, 0.1) is 0 Å². The molecule has 1 aromatic rings. The van der Waals surface area contributed by atoms with E-state index in [2.05, 4.69) is 15.5 Å². The normalized spacial score (nSPS) is 11.5. The molecule has 1 aromatic heterocycles. The number of aromatic amines is 1. The molecule has 82 valence electrons. The summed E-state index contributed by atoms with van der Waals surface area (Å²) >= 11 is 0. The molecule has 0 aliphatic heterocycles. The SMILES string of the molecule is CC/C=C(/C)C(=O)Nc1cc(CC)[nH]n1. The van der Waals surface area contributed by atoms with Crippen LogP contribution in [0.3, 0.4) is 0 Å². The predicted molar refractivity (Wildman–Crippen MR) is 60.6 cm³/mol. The van der Waals surface area contributed by atoms with Gasteiger partial charge < -0.3 is 5.32 Å². The molecule has 0 aromatic carbocycles. The molecule has 0 saturated carbocycles. The van der Waals surface area contributed by atoms with Crippen molar-refractivity contribution >= 4 is 11.7 Å². The Hall–Kier alpha value is -1.58. The van der Waals surface area contributed by atoms with Crippen LogP contribution >= 0.6 is 0 Å². The highest BCUT2D eigenvalue weighted by Crippen LogP contribution is 2.07. The second-order valence-electron chi connectivity index (χ2n) is 3.38. The minimum Gasteiger partial charge on any atom is -0.305 e. The van der Waals surface area contributed by atoms with Crippen molar-refractivity contribution in [2.24, 2.45) is 0 Å². The third-order valence-electron chi connectivity index (χ3n) is 2.12. The minimum atomic E-state index is -0.0917. The van der Waals surface area contributed by atoms with Gasteiger partial charge in [-0.15, -0.1) is 0 Å². The van der Waals surface area contributed by atoms with E-state index in [1.54, 1.807) is 6.92 Å². The maximum atomic E-state index is 11.6. The van der Waals surface area contributed by atoms with Crippen molar-refractivity contribution in [3.8, 4) is 0 Å². The third kappa shape index (κ3) is 3.23. The van der Waals surface area contributed by atoms with E-state index in [1.807, 2.05) is 26.0 Å². The van der Waals surface area contributed by atoms with Gasteiger partial charge in [0.25, 0.3) is 5.91 Å². The molecule has 1 rings (SSSR count). The van der Waals surface area contributed by atoms with E-state index in [4.69, 9.17) is 0 Å². The fraction of sp³-hybridized carbons (Fsp3) is 0.455. The lowest BCUT2D eigenvalue weighted by molar-refractivity contribution is -0.112. The summed E-state index contributed by atoms with van der Waals surface area (Å²) < 4.78 is 0. The summed E-state index contributed by atoms with van der Waals surface area (Å²) in [6.07, 6.45) is 3.63. The molecule has 0 atom stereocenters. The zero-order chi connectivity index (χ0) is 11.3. The van der Waals surface area contributed by atoms with Crippen molar-refractivity contribution < 1.29 is 4.79 Å². The summed E-state index contributed by atoms with van der Waals surface area (Å²) in [5.74, 6) is 0.492. The van der Waals surface area contributed by atoms with Gasteiger partial charge in [-0.3, -0.25) is 9.89 Å². The zero-order valence-electron chi connectivity index (χ0n) is 9.42. The van der Waals surface area contributed by atoms with Gasteiger partial charge in [-0.1, -0.05) is 19.9 Å². The Morgan fingerprint density at radius 1 is 1.60 bits per heavy atom. The number of aromatic nitrogens is 2. The van der Waals surface area contributed by atoms with Crippen LogP contribution in [0.5, 0.6) is 0 Å². The molecular weight excluding hydrogens is 190 g/mol.